The topological polar surface area (TPSA) is 24.7 Å². The molecule has 0 N–H and O–H groups in total. The first-order valence-corrected chi connectivity index (χ1v) is 3.64. The van der Waals surface area contributed by atoms with Crippen LogP contribution in [-0.2, 0) is 0 Å². The normalized spacial score (nSPS) is 10.8. The molecule has 0 saturated carbocycles. The van der Waals surface area contributed by atoms with Crippen LogP contribution in [0.1, 0.15) is 13.8 Å². The molecule has 0 aromatic heterocycles. The third-order valence-corrected chi connectivity index (χ3v) is 1.06. The summed E-state index contributed by atoms with van der Waals surface area (Å²) in [6.45, 7) is 14.7. The maximum absolute atomic E-state index is 4.01. The van der Waals surface area contributed by atoms with Crippen molar-refractivity contribution >= 4 is 12.4 Å². The van der Waals surface area contributed by atoms with E-state index in [1.165, 1.54) is 0 Å². The van der Waals surface area contributed by atoms with E-state index in [0.29, 0.717) is 11.4 Å². The Balaban J connectivity index is 4.23. The fourth-order valence-electron chi connectivity index (χ4n) is 0.493. The second-order valence-electron chi connectivity index (χ2n) is 2.39. The molecule has 0 amide bonds. The van der Waals surface area contributed by atoms with Crippen LogP contribution in [0.15, 0.2) is 46.7 Å². The Hall–Kier alpha value is -1.44. The van der Waals surface area contributed by atoms with Crippen molar-refractivity contribution < 1.29 is 0 Å². The summed E-state index contributed by atoms with van der Waals surface area (Å²) in [5.74, 6) is 0. The van der Waals surface area contributed by atoms with Gasteiger partial charge in [-0.2, -0.15) is 0 Å². The van der Waals surface area contributed by atoms with E-state index in [-0.39, 0.29) is 0 Å². The molecule has 0 radical (unpaired) electrons. The van der Waals surface area contributed by atoms with Crippen molar-refractivity contribution in [2.75, 3.05) is 0 Å². The van der Waals surface area contributed by atoms with E-state index in [1.807, 2.05) is 13.8 Å². The summed E-state index contributed by atoms with van der Waals surface area (Å²) >= 11 is 0. The van der Waals surface area contributed by atoms with Gasteiger partial charge < -0.3 is 0 Å². The molecule has 64 valence electrons. The number of nitrogens with zero attached hydrogens (tertiary/aromatic N) is 2. The first-order chi connectivity index (χ1) is 5.57. The lowest BCUT2D eigenvalue weighted by Gasteiger charge is -1.96. The van der Waals surface area contributed by atoms with Gasteiger partial charge in [0, 0.05) is 12.4 Å². The van der Waals surface area contributed by atoms with Gasteiger partial charge in [0.15, 0.2) is 0 Å². The molecule has 0 rings (SSSR count). The molecule has 0 aliphatic rings. The van der Waals surface area contributed by atoms with Crippen LogP contribution < -0.4 is 0 Å². The van der Waals surface area contributed by atoms with Gasteiger partial charge in [-0.1, -0.05) is 19.7 Å². The summed E-state index contributed by atoms with van der Waals surface area (Å²) in [5.41, 5.74) is 2.02. The largest absolute Gasteiger partial charge is 0.260 e. The quantitative estimate of drug-likeness (QED) is 0.448. The zero-order chi connectivity index (χ0) is 9.56. The second-order valence-corrected chi connectivity index (χ2v) is 2.39. The molecular formula is C10H14N2. The summed E-state index contributed by atoms with van der Waals surface area (Å²) in [7, 11) is 0. The van der Waals surface area contributed by atoms with E-state index in [1.54, 1.807) is 12.4 Å². The molecule has 0 bridgehead atoms. The van der Waals surface area contributed by atoms with Crippen LogP contribution in [0.3, 0.4) is 0 Å². The van der Waals surface area contributed by atoms with Crippen molar-refractivity contribution in [1.82, 2.24) is 0 Å². The predicted molar refractivity (Wildman–Crippen MR) is 55.8 cm³/mol. The Morgan fingerprint density at radius 3 is 2.00 bits per heavy atom. The van der Waals surface area contributed by atoms with Gasteiger partial charge in [-0.05, 0) is 19.4 Å². The average molecular weight is 162 g/mol. The number of allylic oxidation sites excluding steroid dienone is 1. The third-order valence-electron chi connectivity index (χ3n) is 1.06. The highest BCUT2D eigenvalue weighted by molar-refractivity contribution is 5.78. The molecule has 0 heterocycles. The zero-order valence-corrected chi connectivity index (χ0v) is 7.67. The molecule has 0 saturated heterocycles. The number of aliphatic imine (C=N–C) groups is 2. The average Bonchev–Trinajstić information content (AvgIpc) is 2.00. The standard InChI is InChI=1S/C10H14N2/c1-6-11-9(4)10(5)12-7-8(2)3/h6-7H,2,4-5H2,1,3H3. The molecule has 0 unspecified atom stereocenters. The van der Waals surface area contributed by atoms with Gasteiger partial charge in [0.2, 0.25) is 0 Å². The van der Waals surface area contributed by atoms with Gasteiger partial charge in [0.1, 0.15) is 0 Å². The molecule has 0 spiro atoms. The summed E-state index contributed by atoms with van der Waals surface area (Å²) in [6.07, 6.45) is 3.29. The molecule has 0 aliphatic heterocycles. The van der Waals surface area contributed by atoms with E-state index in [0.717, 1.165) is 5.57 Å². The van der Waals surface area contributed by atoms with Gasteiger partial charge in [-0.3, -0.25) is 9.98 Å². The molecule has 2 heteroatoms. The van der Waals surface area contributed by atoms with Crippen LogP contribution in [0.5, 0.6) is 0 Å². The summed E-state index contributed by atoms with van der Waals surface area (Å²) in [5, 5.41) is 0. The second kappa shape index (κ2) is 5.24. The molecular weight excluding hydrogens is 148 g/mol. The minimum Gasteiger partial charge on any atom is -0.260 e. The fourth-order valence-corrected chi connectivity index (χ4v) is 0.493. The smallest absolute Gasteiger partial charge is 0.0808 e. The van der Waals surface area contributed by atoms with Gasteiger partial charge in [0.25, 0.3) is 0 Å². The molecule has 0 aromatic rings. The molecule has 2 nitrogen and oxygen atoms in total. The Kier molecular flexibility index (Phi) is 4.61. The Labute approximate surface area is 73.7 Å². The van der Waals surface area contributed by atoms with Crippen molar-refractivity contribution in [2.45, 2.75) is 13.8 Å². The first-order valence-electron chi connectivity index (χ1n) is 3.64. The van der Waals surface area contributed by atoms with E-state index in [2.05, 4.69) is 29.7 Å². The summed E-state index contributed by atoms with van der Waals surface area (Å²) in [4.78, 5) is 7.95. The van der Waals surface area contributed by atoms with Crippen LogP contribution >= 0.6 is 0 Å². The lowest BCUT2D eigenvalue weighted by Crippen LogP contribution is -1.82. The van der Waals surface area contributed by atoms with E-state index in [4.69, 9.17) is 0 Å². The molecule has 0 fully saturated rings. The highest BCUT2D eigenvalue weighted by atomic mass is 14.8. The molecule has 0 aliphatic carbocycles. The van der Waals surface area contributed by atoms with Crippen molar-refractivity contribution in [3.63, 3.8) is 0 Å². The fraction of sp³-hybridized carbons (Fsp3) is 0.200. The molecule has 0 atom stereocenters. The van der Waals surface area contributed by atoms with Gasteiger partial charge in [-0.25, -0.2) is 0 Å². The van der Waals surface area contributed by atoms with Crippen LogP contribution in [0.4, 0.5) is 0 Å². The van der Waals surface area contributed by atoms with E-state index in [9.17, 15) is 0 Å². The van der Waals surface area contributed by atoms with Gasteiger partial charge >= 0.3 is 0 Å². The summed E-state index contributed by atoms with van der Waals surface area (Å²) < 4.78 is 0. The number of rotatable bonds is 4. The first kappa shape index (κ1) is 10.6. The van der Waals surface area contributed by atoms with Gasteiger partial charge in [0.05, 0.1) is 11.4 Å². The zero-order valence-electron chi connectivity index (χ0n) is 7.67. The maximum Gasteiger partial charge on any atom is 0.0808 e. The monoisotopic (exact) mass is 162 g/mol. The van der Waals surface area contributed by atoms with Crippen molar-refractivity contribution in [1.29, 1.82) is 0 Å². The lowest BCUT2D eigenvalue weighted by atomic mass is 10.3. The Bertz CT molecular complexity index is 257. The summed E-state index contributed by atoms with van der Waals surface area (Å²) in [6, 6.07) is 0. The molecule has 0 aromatic carbocycles. The van der Waals surface area contributed by atoms with Crippen molar-refractivity contribution in [2.24, 2.45) is 9.98 Å². The Morgan fingerprint density at radius 1 is 1.08 bits per heavy atom. The van der Waals surface area contributed by atoms with Gasteiger partial charge in [-0.15, -0.1) is 0 Å². The van der Waals surface area contributed by atoms with E-state index >= 15 is 0 Å². The predicted octanol–water partition coefficient (Wildman–Crippen LogP) is 2.75. The maximum atomic E-state index is 4.01. The van der Waals surface area contributed by atoms with Crippen LogP contribution in [0, 0.1) is 0 Å². The minimum absolute atomic E-state index is 0.566. The molecule has 12 heavy (non-hydrogen) atoms. The van der Waals surface area contributed by atoms with E-state index < -0.39 is 0 Å². The third kappa shape index (κ3) is 4.39. The van der Waals surface area contributed by atoms with Crippen LogP contribution in [0.2, 0.25) is 0 Å². The highest BCUT2D eigenvalue weighted by Crippen LogP contribution is 2.06. The van der Waals surface area contributed by atoms with Crippen molar-refractivity contribution in [3.8, 4) is 0 Å². The van der Waals surface area contributed by atoms with Crippen molar-refractivity contribution in [3.05, 3.63) is 36.7 Å². The van der Waals surface area contributed by atoms with Crippen LogP contribution in [-0.4, -0.2) is 12.4 Å². The lowest BCUT2D eigenvalue weighted by molar-refractivity contribution is 1.27. The Morgan fingerprint density at radius 2 is 1.58 bits per heavy atom. The SMILES string of the molecule is C=C(C)C=NC(=C)C(=C)N=CC. The van der Waals surface area contributed by atoms with Crippen LogP contribution in [0.25, 0.3) is 0 Å². The number of hydrogen-bond donors (Lipinski definition) is 0. The number of hydrogen-bond acceptors (Lipinski definition) is 2. The minimum atomic E-state index is 0.566. The highest BCUT2D eigenvalue weighted by Gasteiger charge is 1.91.